The van der Waals surface area contributed by atoms with Gasteiger partial charge in [-0.05, 0) is 58.2 Å². The molecule has 0 heterocycles. The SMILES string of the molecule is CCNC(C#N)(CC)CCCN(C)CC1CCCC1. The Morgan fingerprint density at radius 1 is 1.32 bits per heavy atom. The van der Waals surface area contributed by atoms with Crippen LogP contribution in [0.3, 0.4) is 0 Å². The van der Waals surface area contributed by atoms with Crippen molar-refractivity contribution in [3.63, 3.8) is 0 Å². The number of nitrogens with zero attached hydrogens (tertiary/aromatic N) is 2. The molecule has 1 rings (SSSR count). The lowest BCUT2D eigenvalue weighted by atomic mass is 9.92. The summed E-state index contributed by atoms with van der Waals surface area (Å²) >= 11 is 0. The smallest absolute Gasteiger partial charge is 0.106 e. The molecule has 1 aliphatic rings. The van der Waals surface area contributed by atoms with Crippen molar-refractivity contribution in [2.24, 2.45) is 5.92 Å². The Labute approximate surface area is 119 Å². The zero-order chi connectivity index (χ0) is 14.1. The largest absolute Gasteiger partial charge is 0.306 e. The highest BCUT2D eigenvalue weighted by molar-refractivity contribution is 5.05. The van der Waals surface area contributed by atoms with E-state index in [1.807, 2.05) is 0 Å². The van der Waals surface area contributed by atoms with Gasteiger partial charge in [0.25, 0.3) is 0 Å². The van der Waals surface area contributed by atoms with E-state index in [0.29, 0.717) is 0 Å². The van der Waals surface area contributed by atoms with Crippen molar-refractivity contribution in [2.45, 2.75) is 64.3 Å². The van der Waals surface area contributed by atoms with E-state index >= 15 is 0 Å². The van der Waals surface area contributed by atoms with E-state index < -0.39 is 0 Å². The molecule has 0 aromatic heterocycles. The maximum absolute atomic E-state index is 9.38. The van der Waals surface area contributed by atoms with E-state index in [9.17, 15) is 5.26 Å². The molecular formula is C16H31N3. The van der Waals surface area contributed by atoms with Gasteiger partial charge in [-0.15, -0.1) is 0 Å². The molecule has 1 atom stereocenters. The van der Waals surface area contributed by atoms with Crippen molar-refractivity contribution in [3.8, 4) is 6.07 Å². The van der Waals surface area contributed by atoms with Crippen molar-refractivity contribution in [1.29, 1.82) is 5.26 Å². The zero-order valence-electron chi connectivity index (χ0n) is 13.0. The lowest BCUT2D eigenvalue weighted by Gasteiger charge is -2.27. The van der Waals surface area contributed by atoms with Crippen LogP contribution in [0.2, 0.25) is 0 Å². The molecule has 0 bridgehead atoms. The van der Waals surface area contributed by atoms with Crippen LogP contribution in [0.5, 0.6) is 0 Å². The van der Waals surface area contributed by atoms with Gasteiger partial charge in [0.15, 0.2) is 0 Å². The lowest BCUT2D eigenvalue weighted by molar-refractivity contribution is 0.259. The van der Waals surface area contributed by atoms with Crippen LogP contribution in [0.15, 0.2) is 0 Å². The van der Waals surface area contributed by atoms with Gasteiger partial charge in [-0.1, -0.05) is 26.7 Å². The third kappa shape index (κ3) is 5.50. The highest BCUT2D eigenvalue weighted by atomic mass is 15.1. The minimum atomic E-state index is -0.303. The monoisotopic (exact) mass is 265 g/mol. The Kier molecular flexibility index (Phi) is 7.41. The highest BCUT2D eigenvalue weighted by Gasteiger charge is 2.26. The molecule has 0 aromatic rings. The third-order valence-electron chi connectivity index (χ3n) is 4.52. The lowest BCUT2D eigenvalue weighted by Crippen LogP contribution is -2.43. The molecule has 1 N–H and O–H groups in total. The van der Waals surface area contributed by atoms with E-state index in [1.54, 1.807) is 0 Å². The van der Waals surface area contributed by atoms with Gasteiger partial charge in [0.2, 0.25) is 0 Å². The fourth-order valence-electron chi connectivity index (χ4n) is 3.28. The average Bonchev–Trinajstić information content (AvgIpc) is 2.90. The summed E-state index contributed by atoms with van der Waals surface area (Å²) in [7, 11) is 2.23. The summed E-state index contributed by atoms with van der Waals surface area (Å²) < 4.78 is 0. The van der Waals surface area contributed by atoms with Crippen LogP contribution < -0.4 is 5.32 Å². The predicted molar refractivity (Wildman–Crippen MR) is 81.0 cm³/mol. The molecule has 1 unspecified atom stereocenters. The summed E-state index contributed by atoms with van der Waals surface area (Å²) in [6.45, 7) is 7.42. The van der Waals surface area contributed by atoms with Gasteiger partial charge in [0, 0.05) is 6.54 Å². The second-order valence-corrected chi connectivity index (χ2v) is 6.09. The van der Waals surface area contributed by atoms with E-state index in [2.05, 4.69) is 37.2 Å². The summed E-state index contributed by atoms with van der Waals surface area (Å²) in [5.74, 6) is 0.922. The van der Waals surface area contributed by atoms with Gasteiger partial charge in [-0.3, -0.25) is 5.32 Å². The maximum atomic E-state index is 9.38. The van der Waals surface area contributed by atoms with Crippen LogP contribution in [0, 0.1) is 17.2 Å². The number of nitrogens with one attached hydrogen (secondary N) is 1. The summed E-state index contributed by atoms with van der Waals surface area (Å²) in [5, 5.41) is 12.7. The Hall–Kier alpha value is -0.590. The van der Waals surface area contributed by atoms with E-state index in [0.717, 1.165) is 38.3 Å². The summed E-state index contributed by atoms with van der Waals surface area (Å²) in [4.78, 5) is 2.46. The van der Waals surface area contributed by atoms with Crippen molar-refractivity contribution in [1.82, 2.24) is 10.2 Å². The quantitative estimate of drug-likeness (QED) is 0.696. The molecule has 1 aliphatic carbocycles. The second-order valence-electron chi connectivity index (χ2n) is 6.09. The summed E-state index contributed by atoms with van der Waals surface area (Å²) in [5.41, 5.74) is -0.303. The highest BCUT2D eigenvalue weighted by Crippen LogP contribution is 2.25. The second kappa shape index (κ2) is 8.55. The molecule has 0 radical (unpaired) electrons. The van der Waals surface area contributed by atoms with Crippen LogP contribution in [0.25, 0.3) is 0 Å². The van der Waals surface area contributed by atoms with Gasteiger partial charge in [0.05, 0.1) is 6.07 Å². The fraction of sp³-hybridized carbons (Fsp3) is 0.938. The minimum Gasteiger partial charge on any atom is -0.306 e. The standard InChI is InChI=1S/C16H31N3/c1-4-16(14-17,18-5-2)11-8-12-19(3)13-15-9-6-7-10-15/h15,18H,4-13H2,1-3H3. The molecule has 0 amide bonds. The summed E-state index contributed by atoms with van der Waals surface area (Å²) in [6, 6.07) is 2.48. The topological polar surface area (TPSA) is 39.1 Å². The Balaban J connectivity index is 2.25. The Morgan fingerprint density at radius 3 is 2.53 bits per heavy atom. The van der Waals surface area contributed by atoms with Crippen LogP contribution in [0.4, 0.5) is 0 Å². The molecule has 19 heavy (non-hydrogen) atoms. The molecular weight excluding hydrogens is 234 g/mol. The molecule has 110 valence electrons. The first-order valence-electron chi connectivity index (χ1n) is 8.00. The van der Waals surface area contributed by atoms with Crippen LogP contribution in [-0.4, -0.2) is 37.1 Å². The molecule has 3 heteroatoms. The predicted octanol–water partition coefficient (Wildman–Crippen LogP) is 3.17. The van der Waals surface area contributed by atoms with Gasteiger partial charge in [0.1, 0.15) is 5.54 Å². The van der Waals surface area contributed by atoms with Crippen molar-refractivity contribution in [2.75, 3.05) is 26.7 Å². The van der Waals surface area contributed by atoms with Crippen molar-refractivity contribution < 1.29 is 0 Å². The van der Waals surface area contributed by atoms with Gasteiger partial charge < -0.3 is 4.90 Å². The summed E-state index contributed by atoms with van der Waals surface area (Å²) in [6.07, 6.45) is 8.64. The first-order valence-corrected chi connectivity index (χ1v) is 8.00. The Bertz CT molecular complexity index is 278. The van der Waals surface area contributed by atoms with Crippen LogP contribution in [0.1, 0.15) is 58.8 Å². The van der Waals surface area contributed by atoms with E-state index in [-0.39, 0.29) is 5.54 Å². The molecule has 1 saturated carbocycles. The number of rotatable bonds is 9. The molecule has 0 aromatic carbocycles. The van der Waals surface area contributed by atoms with Gasteiger partial charge >= 0.3 is 0 Å². The Morgan fingerprint density at radius 2 is 2.00 bits per heavy atom. The number of nitriles is 1. The van der Waals surface area contributed by atoms with Crippen molar-refractivity contribution >= 4 is 0 Å². The van der Waals surface area contributed by atoms with Crippen molar-refractivity contribution in [3.05, 3.63) is 0 Å². The zero-order valence-corrected chi connectivity index (χ0v) is 13.0. The molecule has 0 aliphatic heterocycles. The molecule has 1 fully saturated rings. The third-order valence-corrected chi connectivity index (χ3v) is 4.52. The first-order chi connectivity index (χ1) is 9.15. The maximum Gasteiger partial charge on any atom is 0.106 e. The number of hydrogen-bond acceptors (Lipinski definition) is 3. The average molecular weight is 265 g/mol. The molecule has 0 spiro atoms. The first kappa shape index (κ1) is 16.5. The van der Waals surface area contributed by atoms with Crippen LogP contribution >= 0.6 is 0 Å². The minimum absolute atomic E-state index is 0.303. The molecule has 3 nitrogen and oxygen atoms in total. The normalized spacial score (nSPS) is 19.5. The van der Waals surface area contributed by atoms with Gasteiger partial charge in [-0.25, -0.2) is 0 Å². The fourth-order valence-corrected chi connectivity index (χ4v) is 3.28. The number of hydrogen-bond donors (Lipinski definition) is 1. The van der Waals surface area contributed by atoms with E-state index in [4.69, 9.17) is 0 Å². The van der Waals surface area contributed by atoms with E-state index in [1.165, 1.54) is 32.2 Å². The molecule has 0 saturated heterocycles. The van der Waals surface area contributed by atoms with Gasteiger partial charge in [-0.2, -0.15) is 5.26 Å². The van der Waals surface area contributed by atoms with Crippen LogP contribution in [-0.2, 0) is 0 Å².